The lowest BCUT2D eigenvalue weighted by Crippen LogP contribution is -2.13. The van der Waals surface area contributed by atoms with Crippen molar-refractivity contribution in [3.05, 3.63) is 64.7 Å². The molecule has 0 unspecified atom stereocenters. The van der Waals surface area contributed by atoms with Crippen LogP contribution in [0.2, 0.25) is 0 Å². The van der Waals surface area contributed by atoms with Crippen LogP contribution in [0.5, 0.6) is 0 Å². The molecular formula is C16H14N2O. The fourth-order valence-corrected chi connectivity index (χ4v) is 1.89. The number of carbonyl (C=O) groups excluding carboxylic acids is 1. The van der Waals surface area contributed by atoms with Crippen LogP contribution < -0.4 is 5.32 Å². The van der Waals surface area contributed by atoms with Crippen molar-refractivity contribution in [2.45, 2.75) is 13.8 Å². The first-order valence-corrected chi connectivity index (χ1v) is 5.99. The summed E-state index contributed by atoms with van der Waals surface area (Å²) in [5, 5.41) is 11.6. The van der Waals surface area contributed by atoms with E-state index in [2.05, 4.69) is 5.32 Å². The molecule has 0 aromatic heterocycles. The highest BCUT2D eigenvalue weighted by Gasteiger charge is 2.09. The predicted molar refractivity (Wildman–Crippen MR) is 75.0 cm³/mol. The highest BCUT2D eigenvalue weighted by molar-refractivity contribution is 6.05. The van der Waals surface area contributed by atoms with Crippen LogP contribution in [0.3, 0.4) is 0 Å². The van der Waals surface area contributed by atoms with Gasteiger partial charge in [-0.25, -0.2) is 0 Å². The predicted octanol–water partition coefficient (Wildman–Crippen LogP) is 3.43. The summed E-state index contributed by atoms with van der Waals surface area (Å²) in [5.74, 6) is -0.165. The smallest absolute Gasteiger partial charge is 0.255 e. The van der Waals surface area contributed by atoms with Crippen LogP contribution in [0.15, 0.2) is 42.5 Å². The Balaban J connectivity index is 2.23. The summed E-state index contributed by atoms with van der Waals surface area (Å²) in [6, 6.07) is 14.5. The minimum atomic E-state index is -0.165. The lowest BCUT2D eigenvalue weighted by atomic mass is 10.1. The second kappa shape index (κ2) is 5.36. The summed E-state index contributed by atoms with van der Waals surface area (Å²) in [6.45, 7) is 3.92. The number of benzene rings is 2. The standard InChI is InChI=1S/C16H14N2O/c1-11-4-3-5-12(2)15(11)18-16(19)14-8-6-13(10-17)7-9-14/h3-9H,1-2H3,(H,18,19). The zero-order valence-corrected chi connectivity index (χ0v) is 10.9. The fourth-order valence-electron chi connectivity index (χ4n) is 1.89. The molecular weight excluding hydrogens is 236 g/mol. The lowest BCUT2D eigenvalue weighted by molar-refractivity contribution is 0.102. The molecule has 0 atom stereocenters. The molecule has 0 bridgehead atoms. The fraction of sp³-hybridized carbons (Fsp3) is 0.125. The number of nitriles is 1. The van der Waals surface area contributed by atoms with Crippen molar-refractivity contribution in [3.63, 3.8) is 0 Å². The van der Waals surface area contributed by atoms with Crippen molar-refractivity contribution in [1.82, 2.24) is 0 Å². The second-order valence-electron chi connectivity index (χ2n) is 4.41. The first-order valence-electron chi connectivity index (χ1n) is 5.99. The quantitative estimate of drug-likeness (QED) is 0.887. The van der Waals surface area contributed by atoms with Gasteiger partial charge in [-0.05, 0) is 49.2 Å². The molecule has 3 nitrogen and oxygen atoms in total. The summed E-state index contributed by atoms with van der Waals surface area (Å²) in [6.07, 6.45) is 0. The van der Waals surface area contributed by atoms with Crippen molar-refractivity contribution in [2.24, 2.45) is 0 Å². The third kappa shape index (κ3) is 2.80. The highest BCUT2D eigenvalue weighted by Crippen LogP contribution is 2.20. The molecule has 0 radical (unpaired) electrons. The molecule has 2 aromatic carbocycles. The maximum Gasteiger partial charge on any atom is 0.255 e. The van der Waals surface area contributed by atoms with Crippen LogP contribution >= 0.6 is 0 Å². The van der Waals surface area contributed by atoms with Gasteiger partial charge in [-0.2, -0.15) is 5.26 Å². The zero-order chi connectivity index (χ0) is 13.8. The van der Waals surface area contributed by atoms with Crippen molar-refractivity contribution in [3.8, 4) is 6.07 Å². The number of amides is 1. The van der Waals surface area contributed by atoms with E-state index in [1.807, 2.05) is 38.1 Å². The summed E-state index contributed by atoms with van der Waals surface area (Å²) < 4.78 is 0. The molecule has 0 aliphatic rings. The first kappa shape index (κ1) is 12.8. The van der Waals surface area contributed by atoms with Crippen LogP contribution in [0.25, 0.3) is 0 Å². The van der Waals surface area contributed by atoms with Crippen LogP contribution in [-0.2, 0) is 0 Å². The third-order valence-electron chi connectivity index (χ3n) is 3.00. The summed E-state index contributed by atoms with van der Waals surface area (Å²) in [7, 11) is 0. The van der Waals surface area contributed by atoms with E-state index in [0.29, 0.717) is 11.1 Å². The number of rotatable bonds is 2. The molecule has 2 aromatic rings. The number of nitrogens with zero attached hydrogens (tertiary/aromatic N) is 1. The topological polar surface area (TPSA) is 52.9 Å². The number of hydrogen-bond acceptors (Lipinski definition) is 2. The molecule has 94 valence electrons. The molecule has 0 saturated heterocycles. The maximum absolute atomic E-state index is 12.1. The van der Waals surface area contributed by atoms with Gasteiger partial charge in [-0.3, -0.25) is 4.79 Å². The maximum atomic E-state index is 12.1. The lowest BCUT2D eigenvalue weighted by Gasteiger charge is -2.11. The minimum Gasteiger partial charge on any atom is -0.322 e. The Bertz CT molecular complexity index is 631. The summed E-state index contributed by atoms with van der Waals surface area (Å²) >= 11 is 0. The van der Waals surface area contributed by atoms with E-state index < -0.39 is 0 Å². The van der Waals surface area contributed by atoms with E-state index in [4.69, 9.17) is 5.26 Å². The average Bonchev–Trinajstić information content (AvgIpc) is 2.43. The Kier molecular flexibility index (Phi) is 3.63. The molecule has 0 spiro atoms. The first-order chi connectivity index (χ1) is 9.11. The monoisotopic (exact) mass is 250 g/mol. The van der Waals surface area contributed by atoms with Gasteiger partial charge in [0.05, 0.1) is 11.6 Å². The van der Waals surface area contributed by atoms with Gasteiger partial charge >= 0.3 is 0 Å². The van der Waals surface area contributed by atoms with Crippen molar-refractivity contribution < 1.29 is 4.79 Å². The van der Waals surface area contributed by atoms with Gasteiger partial charge in [0.1, 0.15) is 0 Å². The molecule has 1 N–H and O–H groups in total. The SMILES string of the molecule is Cc1cccc(C)c1NC(=O)c1ccc(C#N)cc1. The van der Waals surface area contributed by atoms with E-state index in [0.717, 1.165) is 16.8 Å². The Labute approximate surface area is 112 Å². The Morgan fingerprint density at radius 3 is 2.16 bits per heavy atom. The number of hydrogen-bond donors (Lipinski definition) is 1. The van der Waals surface area contributed by atoms with E-state index in [1.54, 1.807) is 24.3 Å². The van der Waals surface area contributed by atoms with Gasteiger partial charge in [0.25, 0.3) is 5.91 Å². The van der Waals surface area contributed by atoms with E-state index >= 15 is 0 Å². The molecule has 2 rings (SSSR count). The molecule has 0 heterocycles. The Morgan fingerprint density at radius 1 is 1.05 bits per heavy atom. The molecule has 0 fully saturated rings. The number of para-hydroxylation sites is 1. The van der Waals surface area contributed by atoms with Crippen molar-refractivity contribution in [2.75, 3.05) is 5.32 Å². The third-order valence-corrected chi connectivity index (χ3v) is 3.00. The van der Waals surface area contributed by atoms with Crippen molar-refractivity contribution >= 4 is 11.6 Å². The normalized spacial score (nSPS) is 9.74. The van der Waals surface area contributed by atoms with Crippen LogP contribution in [-0.4, -0.2) is 5.91 Å². The largest absolute Gasteiger partial charge is 0.322 e. The number of nitrogens with one attached hydrogen (secondary N) is 1. The number of anilines is 1. The van der Waals surface area contributed by atoms with E-state index in [9.17, 15) is 4.79 Å². The number of aryl methyl sites for hydroxylation is 2. The number of carbonyl (C=O) groups is 1. The molecule has 1 amide bonds. The highest BCUT2D eigenvalue weighted by atomic mass is 16.1. The minimum absolute atomic E-state index is 0.165. The van der Waals surface area contributed by atoms with E-state index in [1.165, 1.54) is 0 Å². The molecule has 3 heteroatoms. The van der Waals surface area contributed by atoms with Gasteiger partial charge in [0.2, 0.25) is 0 Å². The van der Waals surface area contributed by atoms with Crippen LogP contribution in [0.1, 0.15) is 27.0 Å². The summed E-state index contributed by atoms with van der Waals surface area (Å²) in [4.78, 5) is 12.1. The zero-order valence-electron chi connectivity index (χ0n) is 10.9. The molecule has 19 heavy (non-hydrogen) atoms. The van der Waals surface area contributed by atoms with E-state index in [-0.39, 0.29) is 5.91 Å². The van der Waals surface area contributed by atoms with Gasteiger partial charge in [0.15, 0.2) is 0 Å². The Hall–Kier alpha value is -2.60. The molecule has 0 saturated carbocycles. The van der Waals surface area contributed by atoms with Crippen LogP contribution in [0, 0.1) is 25.2 Å². The van der Waals surface area contributed by atoms with Gasteiger partial charge < -0.3 is 5.32 Å². The summed E-state index contributed by atoms with van der Waals surface area (Å²) in [5.41, 5.74) is 3.99. The Morgan fingerprint density at radius 2 is 1.63 bits per heavy atom. The van der Waals surface area contributed by atoms with Gasteiger partial charge in [0, 0.05) is 11.3 Å². The average molecular weight is 250 g/mol. The van der Waals surface area contributed by atoms with Crippen molar-refractivity contribution in [1.29, 1.82) is 5.26 Å². The van der Waals surface area contributed by atoms with Gasteiger partial charge in [-0.1, -0.05) is 18.2 Å². The second-order valence-corrected chi connectivity index (χ2v) is 4.41. The molecule has 0 aliphatic carbocycles. The van der Waals surface area contributed by atoms with Crippen LogP contribution in [0.4, 0.5) is 5.69 Å². The molecule has 0 aliphatic heterocycles. The van der Waals surface area contributed by atoms with Gasteiger partial charge in [-0.15, -0.1) is 0 Å².